The number of aliphatic imine (C=N–C) groups is 1. The Balaban J connectivity index is 1.65. The van der Waals surface area contributed by atoms with Crippen LogP contribution in [-0.2, 0) is 11.2 Å². The SMILES string of the molecule is O=C(COc1nonc1C(=N[C@H]1Cc2ccc(F)cc21)NO)NC[C@@H](O)CO. The number of carbonyl (C=O) groups is 1. The maximum absolute atomic E-state index is 13.4. The molecule has 28 heavy (non-hydrogen) atoms. The molecular weight excluding hydrogens is 377 g/mol. The minimum Gasteiger partial charge on any atom is -0.464 e. The van der Waals surface area contributed by atoms with Gasteiger partial charge in [0, 0.05) is 6.54 Å². The number of rotatable bonds is 8. The smallest absolute Gasteiger partial charge is 0.287 e. The zero-order valence-corrected chi connectivity index (χ0v) is 14.5. The molecule has 0 spiro atoms. The van der Waals surface area contributed by atoms with E-state index in [-0.39, 0.29) is 29.8 Å². The van der Waals surface area contributed by atoms with Crippen LogP contribution >= 0.6 is 0 Å². The van der Waals surface area contributed by atoms with Crippen LogP contribution in [0.5, 0.6) is 5.88 Å². The van der Waals surface area contributed by atoms with Gasteiger partial charge in [-0.3, -0.25) is 20.5 Å². The van der Waals surface area contributed by atoms with Gasteiger partial charge < -0.3 is 20.3 Å². The number of hydrogen-bond donors (Lipinski definition) is 5. The Morgan fingerprint density at radius 3 is 3.04 bits per heavy atom. The molecule has 150 valence electrons. The summed E-state index contributed by atoms with van der Waals surface area (Å²) >= 11 is 0. The molecule has 0 bridgehead atoms. The Morgan fingerprint density at radius 1 is 1.46 bits per heavy atom. The van der Waals surface area contributed by atoms with Gasteiger partial charge in [0.1, 0.15) is 5.82 Å². The molecule has 0 unspecified atom stereocenters. The lowest BCUT2D eigenvalue weighted by Crippen LogP contribution is -2.36. The highest BCUT2D eigenvalue weighted by molar-refractivity contribution is 5.98. The summed E-state index contributed by atoms with van der Waals surface area (Å²) in [6, 6.07) is 4.00. The minimum absolute atomic E-state index is 0.0736. The second kappa shape index (κ2) is 8.73. The second-order valence-electron chi connectivity index (χ2n) is 6.00. The molecule has 5 N–H and O–H groups in total. The molecule has 12 heteroatoms. The number of nitrogens with one attached hydrogen (secondary N) is 2. The number of ether oxygens (including phenoxy) is 1. The Kier molecular flexibility index (Phi) is 6.13. The average Bonchev–Trinajstić information content (AvgIpc) is 3.15. The first kappa shape index (κ1) is 19.7. The Morgan fingerprint density at radius 2 is 2.29 bits per heavy atom. The molecule has 2 atom stereocenters. The number of amides is 1. The van der Waals surface area contributed by atoms with Crippen LogP contribution < -0.4 is 15.5 Å². The molecular formula is C16H18FN5O6. The van der Waals surface area contributed by atoms with E-state index in [1.165, 1.54) is 12.1 Å². The van der Waals surface area contributed by atoms with Gasteiger partial charge in [0.15, 0.2) is 12.4 Å². The third kappa shape index (κ3) is 4.42. The normalized spacial score (nSPS) is 16.7. The summed E-state index contributed by atoms with van der Waals surface area (Å²) in [7, 11) is 0. The molecule has 1 aromatic carbocycles. The molecule has 2 aromatic rings. The molecule has 0 saturated carbocycles. The summed E-state index contributed by atoms with van der Waals surface area (Å²) in [6.45, 7) is -1.12. The van der Waals surface area contributed by atoms with Crippen molar-refractivity contribution in [1.29, 1.82) is 0 Å². The van der Waals surface area contributed by atoms with Crippen molar-refractivity contribution in [1.82, 2.24) is 21.1 Å². The summed E-state index contributed by atoms with van der Waals surface area (Å²) in [5, 5.41) is 36.7. The number of aliphatic hydroxyl groups excluding tert-OH is 2. The standard InChI is InChI=1S/C16H18FN5O6/c17-9-2-1-8-3-12(11(8)4-9)19-15(20-26)14-16(22-28-21-14)27-7-13(25)18-5-10(24)6-23/h1-2,4,10,12,23-24,26H,3,5-7H2,(H,18,25)(H,19,20)/t10-,12+/m1/s1. The minimum atomic E-state index is -1.08. The van der Waals surface area contributed by atoms with Crippen molar-refractivity contribution >= 4 is 11.7 Å². The molecule has 1 aromatic heterocycles. The van der Waals surface area contributed by atoms with Gasteiger partial charge >= 0.3 is 0 Å². The van der Waals surface area contributed by atoms with Gasteiger partial charge in [0.25, 0.3) is 11.8 Å². The van der Waals surface area contributed by atoms with E-state index in [0.717, 1.165) is 5.56 Å². The summed E-state index contributed by atoms with van der Waals surface area (Å²) in [5.74, 6) is -1.29. The highest BCUT2D eigenvalue weighted by atomic mass is 19.1. The van der Waals surface area contributed by atoms with Crippen LogP contribution in [0.2, 0.25) is 0 Å². The quantitative estimate of drug-likeness (QED) is 0.216. The fourth-order valence-electron chi connectivity index (χ4n) is 2.56. The first-order valence-corrected chi connectivity index (χ1v) is 8.29. The maximum atomic E-state index is 13.4. The van der Waals surface area contributed by atoms with Crippen molar-refractivity contribution < 1.29 is 34.0 Å². The zero-order valence-electron chi connectivity index (χ0n) is 14.5. The van der Waals surface area contributed by atoms with Gasteiger partial charge in [-0.25, -0.2) is 9.02 Å². The van der Waals surface area contributed by atoms with E-state index in [2.05, 4.69) is 25.3 Å². The highest BCUT2D eigenvalue weighted by Crippen LogP contribution is 2.37. The number of amidine groups is 1. The number of hydrogen-bond acceptors (Lipinski definition) is 9. The van der Waals surface area contributed by atoms with Crippen LogP contribution in [0.4, 0.5) is 4.39 Å². The molecule has 3 rings (SSSR count). The topological polar surface area (TPSA) is 162 Å². The number of benzene rings is 1. The molecule has 0 fully saturated rings. The van der Waals surface area contributed by atoms with E-state index in [0.29, 0.717) is 12.0 Å². The number of fused-ring (bicyclic) bond motifs is 1. The Labute approximate surface area is 157 Å². The first-order valence-electron chi connectivity index (χ1n) is 8.29. The van der Waals surface area contributed by atoms with Crippen LogP contribution in [-0.4, -0.2) is 63.3 Å². The van der Waals surface area contributed by atoms with E-state index < -0.39 is 31.3 Å². The largest absolute Gasteiger partial charge is 0.464 e. The molecule has 11 nitrogen and oxygen atoms in total. The van der Waals surface area contributed by atoms with Crippen LogP contribution in [0.3, 0.4) is 0 Å². The van der Waals surface area contributed by atoms with Crippen molar-refractivity contribution in [2.75, 3.05) is 19.8 Å². The molecule has 1 amide bonds. The van der Waals surface area contributed by atoms with Crippen molar-refractivity contribution in [3.05, 3.63) is 40.8 Å². The number of halogens is 1. The van der Waals surface area contributed by atoms with E-state index >= 15 is 0 Å². The van der Waals surface area contributed by atoms with Gasteiger partial charge in [-0.15, -0.1) is 0 Å². The van der Waals surface area contributed by atoms with Crippen molar-refractivity contribution in [2.24, 2.45) is 4.99 Å². The van der Waals surface area contributed by atoms with E-state index in [9.17, 15) is 19.5 Å². The Bertz CT molecular complexity index is 873. The van der Waals surface area contributed by atoms with Crippen LogP contribution in [0.25, 0.3) is 0 Å². The van der Waals surface area contributed by atoms with Crippen molar-refractivity contribution in [3.8, 4) is 5.88 Å². The summed E-state index contributed by atoms with van der Waals surface area (Å²) in [4.78, 5) is 15.9. The predicted octanol–water partition coefficient (Wildman–Crippen LogP) is -0.920. The molecule has 0 radical (unpaired) electrons. The third-order valence-electron chi connectivity index (χ3n) is 4.04. The van der Waals surface area contributed by atoms with Crippen LogP contribution in [0.1, 0.15) is 22.9 Å². The summed E-state index contributed by atoms with van der Waals surface area (Å²) < 4.78 is 23.2. The van der Waals surface area contributed by atoms with Crippen LogP contribution in [0, 0.1) is 5.82 Å². The molecule has 0 aliphatic heterocycles. The predicted molar refractivity (Wildman–Crippen MR) is 90.2 cm³/mol. The van der Waals surface area contributed by atoms with Crippen LogP contribution in [0.15, 0.2) is 27.8 Å². The average molecular weight is 395 g/mol. The lowest BCUT2D eigenvalue weighted by Gasteiger charge is -2.27. The lowest BCUT2D eigenvalue weighted by atomic mass is 9.83. The first-order chi connectivity index (χ1) is 13.5. The number of carbonyl (C=O) groups excluding carboxylic acids is 1. The van der Waals surface area contributed by atoms with E-state index in [4.69, 9.17) is 9.84 Å². The molecule has 1 aliphatic rings. The van der Waals surface area contributed by atoms with Gasteiger partial charge in [-0.05, 0) is 40.0 Å². The fourth-order valence-corrected chi connectivity index (χ4v) is 2.56. The molecule has 1 heterocycles. The molecule has 1 aliphatic carbocycles. The maximum Gasteiger partial charge on any atom is 0.287 e. The highest BCUT2D eigenvalue weighted by Gasteiger charge is 2.28. The summed E-state index contributed by atoms with van der Waals surface area (Å²) in [6.07, 6.45) is -0.529. The number of aromatic nitrogens is 2. The second-order valence-corrected chi connectivity index (χ2v) is 6.00. The fraction of sp³-hybridized carbons (Fsp3) is 0.375. The van der Waals surface area contributed by atoms with Gasteiger partial charge in [-0.1, -0.05) is 6.07 Å². The zero-order chi connectivity index (χ0) is 20.1. The number of hydroxylamine groups is 1. The molecule has 0 saturated heterocycles. The Hall–Kier alpha value is -3.09. The number of nitrogens with zero attached hydrogens (tertiary/aromatic N) is 3. The van der Waals surface area contributed by atoms with E-state index in [1.807, 2.05) is 5.48 Å². The third-order valence-corrected chi connectivity index (χ3v) is 4.04. The van der Waals surface area contributed by atoms with E-state index in [1.54, 1.807) is 6.07 Å². The van der Waals surface area contributed by atoms with Crippen molar-refractivity contribution in [3.63, 3.8) is 0 Å². The lowest BCUT2D eigenvalue weighted by molar-refractivity contribution is -0.123. The number of aliphatic hydroxyl groups is 2. The van der Waals surface area contributed by atoms with Gasteiger partial charge in [-0.2, -0.15) is 0 Å². The monoisotopic (exact) mass is 395 g/mol. The summed E-state index contributed by atoms with van der Waals surface area (Å²) in [5.41, 5.74) is 3.44. The van der Waals surface area contributed by atoms with Crippen molar-refractivity contribution in [2.45, 2.75) is 18.6 Å². The van der Waals surface area contributed by atoms with Gasteiger partial charge in [0.05, 0.1) is 18.8 Å². The van der Waals surface area contributed by atoms with Gasteiger partial charge in [0.2, 0.25) is 5.69 Å².